The summed E-state index contributed by atoms with van der Waals surface area (Å²) in [5.74, 6) is 0.0939. The first-order valence-corrected chi connectivity index (χ1v) is 9.73. The van der Waals surface area contributed by atoms with Crippen molar-refractivity contribution in [2.24, 2.45) is 18.9 Å². The number of nitrogens with zero attached hydrogens (tertiary/aromatic N) is 4. The number of rotatable bonds is 5. The lowest BCUT2D eigenvalue weighted by Crippen LogP contribution is -2.41. The molecule has 2 aromatic rings. The van der Waals surface area contributed by atoms with Crippen molar-refractivity contribution in [1.82, 2.24) is 25.0 Å². The second kappa shape index (κ2) is 6.58. The minimum absolute atomic E-state index is 0.120. The predicted octanol–water partition coefficient (Wildman–Crippen LogP) is 0.466. The van der Waals surface area contributed by atoms with E-state index in [1.54, 1.807) is 18.0 Å². The van der Waals surface area contributed by atoms with E-state index in [0.717, 1.165) is 12.8 Å². The Morgan fingerprint density at radius 1 is 1.45 bits per heavy atom. The number of carbonyl (C=O) groups excluding carboxylic acids is 2. The third-order valence-corrected chi connectivity index (χ3v) is 6.45. The van der Waals surface area contributed by atoms with Crippen LogP contribution in [0.4, 0.5) is 0 Å². The van der Waals surface area contributed by atoms with Crippen molar-refractivity contribution in [3.05, 3.63) is 30.0 Å². The second-order valence-electron chi connectivity index (χ2n) is 7.98. The number of amides is 2. The molecule has 5 rings (SSSR count). The Bertz CT molecular complexity index is 941. The molecule has 3 aliphatic rings. The Morgan fingerprint density at radius 2 is 2.31 bits per heavy atom. The predicted molar refractivity (Wildman–Crippen MR) is 98.3 cm³/mol. The van der Waals surface area contributed by atoms with E-state index in [0.29, 0.717) is 31.2 Å². The molecular weight excluding hydrogens is 378 g/mol. The van der Waals surface area contributed by atoms with E-state index in [4.69, 9.17) is 13.9 Å². The van der Waals surface area contributed by atoms with Crippen molar-refractivity contribution >= 4 is 11.8 Å². The molecule has 5 heterocycles. The first-order chi connectivity index (χ1) is 14.0. The van der Waals surface area contributed by atoms with Gasteiger partial charge >= 0.3 is 6.01 Å². The molecule has 3 saturated heterocycles. The molecule has 154 valence electrons. The van der Waals surface area contributed by atoms with Gasteiger partial charge in [-0.15, -0.1) is 5.10 Å². The number of nitrogens with one attached hydrogen (secondary N) is 1. The van der Waals surface area contributed by atoms with Gasteiger partial charge in [0.05, 0.1) is 37.2 Å². The molecule has 1 N–H and O–H groups in total. The molecule has 1 spiro atoms. The lowest BCUT2D eigenvalue weighted by molar-refractivity contribution is 0.00304. The van der Waals surface area contributed by atoms with Gasteiger partial charge in [-0.05, 0) is 18.9 Å². The molecule has 0 aliphatic carbocycles. The van der Waals surface area contributed by atoms with Crippen LogP contribution in [-0.4, -0.2) is 69.9 Å². The second-order valence-corrected chi connectivity index (χ2v) is 7.98. The van der Waals surface area contributed by atoms with Crippen LogP contribution in [0.1, 0.15) is 33.8 Å². The molecule has 0 aromatic carbocycles. The number of ether oxygens (including phenoxy) is 2. The molecule has 2 aromatic heterocycles. The lowest BCUT2D eigenvalue weighted by atomic mass is 9.73. The van der Waals surface area contributed by atoms with Crippen LogP contribution in [0.3, 0.4) is 0 Å². The number of aromatic nitrogens is 3. The number of methoxy groups -OCH3 is 1. The van der Waals surface area contributed by atoms with Crippen LogP contribution >= 0.6 is 0 Å². The van der Waals surface area contributed by atoms with Gasteiger partial charge in [-0.2, -0.15) is 4.98 Å². The molecule has 4 atom stereocenters. The zero-order valence-electron chi connectivity index (χ0n) is 16.3. The fourth-order valence-electron chi connectivity index (χ4n) is 5.10. The lowest BCUT2D eigenvalue weighted by Gasteiger charge is -2.29. The van der Waals surface area contributed by atoms with Gasteiger partial charge in [0.2, 0.25) is 5.82 Å². The average Bonchev–Trinajstić information content (AvgIpc) is 3.51. The number of hydrogen-bond donors (Lipinski definition) is 1. The van der Waals surface area contributed by atoms with Crippen molar-refractivity contribution in [1.29, 1.82) is 0 Å². The monoisotopic (exact) mass is 401 g/mol. The summed E-state index contributed by atoms with van der Waals surface area (Å²) in [6.07, 6.45) is 4.90. The molecular formula is C19H23N5O5. The number of aryl methyl sites for hydroxylation is 1. The fraction of sp³-hybridized carbons (Fsp3) is 0.579. The Hall–Kier alpha value is -2.88. The molecule has 10 heteroatoms. The van der Waals surface area contributed by atoms with Crippen molar-refractivity contribution in [3.63, 3.8) is 0 Å². The Labute approximate surface area is 167 Å². The molecule has 0 radical (unpaired) electrons. The maximum Gasteiger partial charge on any atom is 0.314 e. The normalized spacial score (nSPS) is 29.9. The highest BCUT2D eigenvalue weighted by molar-refractivity contribution is 5.93. The van der Waals surface area contributed by atoms with Gasteiger partial charge in [-0.25, -0.2) is 4.68 Å². The van der Waals surface area contributed by atoms with E-state index < -0.39 is 0 Å². The highest BCUT2D eigenvalue weighted by atomic mass is 16.5. The minimum atomic E-state index is -0.329. The van der Waals surface area contributed by atoms with E-state index in [1.807, 2.05) is 0 Å². The molecule has 0 unspecified atom stereocenters. The van der Waals surface area contributed by atoms with Crippen LogP contribution in [0.15, 0.2) is 23.0 Å². The number of likely N-dealkylation sites (tertiary alicyclic amines) is 1. The third kappa shape index (κ3) is 2.81. The van der Waals surface area contributed by atoms with Crippen LogP contribution in [0.5, 0.6) is 6.01 Å². The molecule has 0 saturated carbocycles. The summed E-state index contributed by atoms with van der Waals surface area (Å²) in [5.41, 5.74) is 0.173. The van der Waals surface area contributed by atoms with Gasteiger partial charge < -0.3 is 24.1 Å². The molecule has 2 amide bonds. The highest BCUT2D eigenvalue weighted by Crippen LogP contribution is 2.54. The Morgan fingerprint density at radius 3 is 3.03 bits per heavy atom. The summed E-state index contributed by atoms with van der Waals surface area (Å²) in [6, 6.07) is 1.93. The van der Waals surface area contributed by atoms with Gasteiger partial charge in [0, 0.05) is 32.0 Å². The molecule has 10 nitrogen and oxygen atoms in total. The van der Waals surface area contributed by atoms with Crippen LogP contribution in [0.2, 0.25) is 0 Å². The Balaban J connectivity index is 1.29. The number of carbonyl (C=O) groups is 2. The van der Waals surface area contributed by atoms with E-state index >= 15 is 0 Å². The average molecular weight is 401 g/mol. The fourth-order valence-corrected chi connectivity index (χ4v) is 5.10. The van der Waals surface area contributed by atoms with Crippen molar-refractivity contribution in [2.75, 3.05) is 26.7 Å². The zero-order valence-corrected chi connectivity index (χ0v) is 16.3. The first kappa shape index (κ1) is 18.2. The van der Waals surface area contributed by atoms with Gasteiger partial charge in [-0.1, -0.05) is 0 Å². The van der Waals surface area contributed by atoms with Crippen molar-refractivity contribution in [3.8, 4) is 6.01 Å². The van der Waals surface area contributed by atoms with E-state index in [-0.39, 0.29) is 41.2 Å². The van der Waals surface area contributed by atoms with Crippen molar-refractivity contribution < 1.29 is 23.5 Å². The molecule has 3 fully saturated rings. The van der Waals surface area contributed by atoms with Gasteiger partial charge in [-0.3, -0.25) is 9.59 Å². The quantitative estimate of drug-likeness (QED) is 0.775. The molecule has 29 heavy (non-hydrogen) atoms. The number of fused-ring (bicyclic) bond motifs is 1. The van der Waals surface area contributed by atoms with Gasteiger partial charge in [0.1, 0.15) is 6.26 Å². The van der Waals surface area contributed by atoms with Crippen LogP contribution in [-0.2, 0) is 11.8 Å². The molecule has 2 bridgehead atoms. The summed E-state index contributed by atoms with van der Waals surface area (Å²) in [7, 11) is 3.18. The Kier molecular flexibility index (Phi) is 4.12. The van der Waals surface area contributed by atoms with E-state index in [1.165, 1.54) is 24.3 Å². The van der Waals surface area contributed by atoms with E-state index in [9.17, 15) is 9.59 Å². The minimum Gasteiger partial charge on any atom is -0.472 e. The summed E-state index contributed by atoms with van der Waals surface area (Å²) < 4.78 is 17.9. The van der Waals surface area contributed by atoms with Gasteiger partial charge in [0.15, 0.2) is 0 Å². The SMILES string of the molecule is COc1nc(C(=O)N2C[C@@H]3[C@H](CNC(=O)c4ccoc4)[C@H]4CC[C@]3(C2)O4)nn1C. The van der Waals surface area contributed by atoms with Crippen LogP contribution < -0.4 is 10.1 Å². The smallest absolute Gasteiger partial charge is 0.314 e. The van der Waals surface area contributed by atoms with Crippen LogP contribution in [0.25, 0.3) is 0 Å². The largest absolute Gasteiger partial charge is 0.472 e. The third-order valence-electron chi connectivity index (χ3n) is 6.45. The maximum absolute atomic E-state index is 13.0. The maximum atomic E-state index is 13.0. The number of hydrogen-bond acceptors (Lipinski definition) is 7. The summed E-state index contributed by atoms with van der Waals surface area (Å²) in [6.45, 7) is 1.61. The van der Waals surface area contributed by atoms with E-state index in [2.05, 4.69) is 15.4 Å². The first-order valence-electron chi connectivity index (χ1n) is 9.73. The summed E-state index contributed by atoms with van der Waals surface area (Å²) in [4.78, 5) is 31.2. The van der Waals surface area contributed by atoms with Crippen LogP contribution in [0, 0.1) is 11.8 Å². The van der Waals surface area contributed by atoms with Crippen molar-refractivity contribution in [2.45, 2.75) is 24.5 Å². The summed E-state index contributed by atoms with van der Waals surface area (Å²) >= 11 is 0. The standard InChI is InChI=1S/C19H23N5O5/c1-23-18(27-2)21-15(22-23)17(26)24-8-13-12(14-3-5-19(13,10-24)29-14)7-20-16(25)11-4-6-28-9-11/h4,6,9,12-14H,3,5,7-8,10H2,1-2H3,(H,20,25)/t12-,13+,14+,19+/m0/s1. The topological polar surface area (TPSA) is 112 Å². The molecule has 3 aliphatic heterocycles. The zero-order chi connectivity index (χ0) is 20.2. The highest BCUT2D eigenvalue weighted by Gasteiger charge is 2.63. The number of furan rings is 1. The van der Waals surface area contributed by atoms with Gasteiger partial charge in [0.25, 0.3) is 11.8 Å². The summed E-state index contributed by atoms with van der Waals surface area (Å²) in [5, 5.41) is 7.16.